The summed E-state index contributed by atoms with van der Waals surface area (Å²) >= 11 is 0. The van der Waals surface area contributed by atoms with Gasteiger partial charge in [0.2, 0.25) is 0 Å². The van der Waals surface area contributed by atoms with Crippen LogP contribution in [0.5, 0.6) is 0 Å². The average molecular weight is 244 g/mol. The summed E-state index contributed by atoms with van der Waals surface area (Å²) in [5.74, 6) is 0. The zero-order valence-corrected chi connectivity index (χ0v) is 12.2. The maximum atomic E-state index is 10.6. The van der Waals surface area contributed by atoms with Crippen molar-refractivity contribution in [3.05, 3.63) is 0 Å². The topological polar surface area (TPSA) is 29.5 Å². The highest BCUT2D eigenvalue weighted by Gasteiger charge is 2.39. The van der Waals surface area contributed by atoms with E-state index in [2.05, 4.69) is 13.8 Å². The lowest BCUT2D eigenvalue weighted by Crippen LogP contribution is -2.50. The van der Waals surface area contributed by atoms with E-state index in [1.165, 1.54) is 37.8 Å². The number of hydrogen-bond acceptors (Lipinski definition) is 2. The molecule has 0 aromatic carbocycles. The molecule has 1 atom stereocenters. The second-order valence-electron chi connectivity index (χ2n) is 5.13. The van der Waals surface area contributed by atoms with Crippen molar-refractivity contribution >= 4 is 8.80 Å². The van der Waals surface area contributed by atoms with Gasteiger partial charge in [-0.2, -0.15) is 0 Å². The van der Waals surface area contributed by atoms with Crippen molar-refractivity contribution in [2.75, 3.05) is 6.61 Å². The van der Waals surface area contributed by atoms with Crippen LogP contribution in [0.3, 0.4) is 0 Å². The number of unbranched alkanes of at least 4 members (excludes halogenated alkanes) is 2. The summed E-state index contributed by atoms with van der Waals surface area (Å²) in [6, 6.07) is 2.51. The third-order valence-corrected chi connectivity index (χ3v) is 7.67. The minimum absolute atomic E-state index is 0.664. The summed E-state index contributed by atoms with van der Waals surface area (Å²) in [6.45, 7) is 5.24. The molecule has 0 bridgehead atoms. The number of aliphatic hydroxyl groups is 1. The minimum atomic E-state index is -1.13. The third-order valence-electron chi connectivity index (χ3n) is 3.73. The van der Waals surface area contributed by atoms with E-state index in [-0.39, 0.29) is 0 Å². The van der Waals surface area contributed by atoms with E-state index in [1.54, 1.807) is 0 Å². The van der Waals surface area contributed by atoms with Crippen LogP contribution in [-0.4, -0.2) is 25.9 Å². The minimum Gasteiger partial charge on any atom is -0.369 e. The predicted octanol–water partition coefficient (Wildman–Crippen LogP) is 3.24. The van der Waals surface area contributed by atoms with Crippen LogP contribution in [0.2, 0.25) is 12.1 Å². The van der Waals surface area contributed by atoms with E-state index in [0.717, 1.165) is 25.9 Å². The van der Waals surface area contributed by atoms with Gasteiger partial charge in [-0.25, -0.2) is 0 Å². The molecule has 1 saturated heterocycles. The Morgan fingerprint density at radius 1 is 1.12 bits per heavy atom. The molecule has 1 rings (SSSR count). The molecule has 3 heteroatoms. The van der Waals surface area contributed by atoms with Gasteiger partial charge in [-0.3, -0.25) is 0 Å². The van der Waals surface area contributed by atoms with Gasteiger partial charge in [-0.15, -0.1) is 0 Å². The summed E-state index contributed by atoms with van der Waals surface area (Å²) in [5, 5.41) is 10.6. The first-order chi connectivity index (χ1) is 7.73. The molecule has 1 unspecified atom stereocenters. The lowest BCUT2D eigenvalue weighted by atomic mass is 10.2. The number of ether oxygens (including phenoxy) is 1. The Kier molecular flexibility index (Phi) is 6.62. The Bertz CT molecular complexity index is 171. The molecule has 1 N–H and O–H groups in total. The van der Waals surface area contributed by atoms with Gasteiger partial charge < -0.3 is 9.84 Å². The van der Waals surface area contributed by atoms with Crippen molar-refractivity contribution < 1.29 is 9.84 Å². The van der Waals surface area contributed by atoms with Crippen LogP contribution in [0, 0.1) is 0 Å². The van der Waals surface area contributed by atoms with Gasteiger partial charge in [0.15, 0.2) is 0 Å². The van der Waals surface area contributed by atoms with Crippen molar-refractivity contribution in [2.45, 2.75) is 76.3 Å². The van der Waals surface area contributed by atoms with Crippen LogP contribution in [-0.2, 0) is 4.74 Å². The molecule has 0 radical (unpaired) electrons. The number of rotatable bonds is 7. The summed E-state index contributed by atoms with van der Waals surface area (Å²) in [5.41, 5.74) is -0.664. The maximum Gasteiger partial charge on any atom is 0.145 e. The van der Waals surface area contributed by atoms with E-state index in [9.17, 15) is 5.11 Å². The molecule has 0 aromatic rings. The number of hydrogen-bond donors (Lipinski definition) is 1. The Morgan fingerprint density at radius 2 is 1.75 bits per heavy atom. The molecule has 1 heterocycles. The normalized spacial score (nSPS) is 26.2. The van der Waals surface area contributed by atoms with Crippen LogP contribution < -0.4 is 0 Å². The molecule has 1 aliphatic heterocycles. The lowest BCUT2D eigenvalue weighted by Gasteiger charge is -2.38. The van der Waals surface area contributed by atoms with Crippen LogP contribution >= 0.6 is 0 Å². The van der Waals surface area contributed by atoms with Crippen LogP contribution in [0.25, 0.3) is 0 Å². The first-order valence-electron chi connectivity index (χ1n) is 7.09. The quantitative estimate of drug-likeness (QED) is 0.697. The molecular weight excluding hydrogens is 216 g/mol. The Labute approximate surface area is 102 Å². The van der Waals surface area contributed by atoms with E-state index in [4.69, 9.17) is 4.74 Å². The smallest absolute Gasteiger partial charge is 0.145 e. The van der Waals surface area contributed by atoms with Crippen molar-refractivity contribution in [3.63, 3.8) is 0 Å². The molecule has 1 fully saturated rings. The Morgan fingerprint density at radius 3 is 2.19 bits per heavy atom. The highest BCUT2D eigenvalue weighted by molar-refractivity contribution is 6.61. The molecule has 0 amide bonds. The third kappa shape index (κ3) is 4.19. The van der Waals surface area contributed by atoms with Gasteiger partial charge in [0.25, 0.3) is 0 Å². The maximum absolute atomic E-state index is 10.6. The van der Waals surface area contributed by atoms with Crippen LogP contribution in [0.1, 0.15) is 58.8 Å². The van der Waals surface area contributed by atoms with Crippen molar-refractivity contribution in [1.29, 1.82) is 0 Å². The van der Waals surface area contributed by atoms with Gasteiger partial charge in [-0.05, 0) is 19.3 Å². The van der Waals surface area contributed by atoms with E-state index in [0.29, 0.717) is 0 Å². The van der Waals surface area contributed by atoms with Gasteiger partial charge in [0, 0.05) is 6.61 Å². The van der Waals surface area contributed by atoms with E-state index < -0.39 is 14.2 Å². The molecule has 0 spiro atoms. The average Bonchev–Trinajstić information content (AvgIpc) is 2.30. The SMILES string of the molecule is CCCC[SiH](CCCC)C1(O)CCCCO1. The molecule has 96 valence electrons. The fraction of sp³-hybridized carbons (Fsp3) is 1.00. The van der Waals surface area contributed by atoms with Crippen LogP contribution in [0.15, 0.2) is 0 Å². The predicted molar refractivity (Wildman–Crippen MR) is 71.3 cm³/mol. The molecule has 2 nitrogen and oxygen atoms in total. The highest BCUT2D eigenvalue weighted by Crippen LogP contribution is 2.30. The Balaban J connectivity index is 2.50. The van der Waals surface area contributed by atoms with E-state index >= 15 is 0 Å². The molecule has 0 aliphatic carbocycles. The van der Waals surface area contributed by atoms with Gasteiger partial charge in [-0.1, -0.05) is 51.6 Å². The molecule has 1 aliphatic rings. The molecular formula is C13H28O2Si. The first kappa shape index (κ1) is 14.2. The monoisotopic (exact) mass is 244 g/mol. The molecule has 16 heavy (non-hydrogen) atoms. The summed E-state index contributed by atoms with van der Waals surface area (Å²) in [6.07, 6.45) is 8.20. The standard InChI is InChI=1S/C13H28O2Si/c1-3-5-11-16(12-6-4-2)13(14)9-7-8-10-15-13/h14,16H,3-12H2,1-2H3. The van der Waals surface area contributed by atoms with Crippen molar-refractivity contribution in [2.24, 2.45) is 0 Å². The summed E-state index contributed by atoms with van der Waals surface area (Å²) < 4.78 is 5.74. The fourth-order valence-corrected chi connectivity index (χ4v) is 6.58. The second kappa shape index (κ2) is 7.46. The van der Waals surface area contributed by atoms with E-state index in [1.807, 2.05) is 0 Å². The highest BCUT2D eigenvalue weighted by atomic mass is 28.3. The molecule has 0 saturated carbocycles. The lowest BCUT2D eigenvalue weighted by molar-refractivity contribution is -0.168. The van der Waals surface area contributed by atoms with Crippen molar-refractivity contribution in [3.8, 4) is 0 Å². The second-order valence-corrected chi connectivity index (χ2v) is 8.58. The first-order valence-corrected chi connectivity index (χ1v) is 9.30. The van der Waals surface area contributed by atoms with Crippen molar-refractivity contribution in [1.82, 2.24) is 0 Å². The zero-order valence-electron chi connectivity index (χ0n) is 11.0. The Hall–Kier alpha value is 0.137. The van der Waals surface area contributed by atoms with Gasteiger partial charge >= 0.3 is 0 Å². The van der Waals surface area contributed by atoms with Gasteiger partial charge in [0.05, 0.1) is 0 Å². The zero-order chi connectivity index (χ0) is 11.9. The molecule has 0 aromatic heterocycles. The van der Waals surface area contributed by atoms with Crippen LogP contribution in [0.4, 0.5) is 0 Å². The fourth-order valence-electron chi connectivity index (χ4n) is 2.62. The summed E-state index contributed by atoms with van der Waals surface area (Å²) in [7, 11) is -1.13. The largest absolute Gasteiger partial charge is 0.369 e. The van der Waals surface area contributed by atoms with Gasteiger partial charge in [0.1, 0.15) is 14.2 Å². The summed E-state index contributed by atoms with van der Waals surface area (Å²) in [4.78, 5) is 0.